The van der Waals surface area contributed by atoms with Crippen molar-refractivity contribution in [3.05, 3.63) is 60.2 Å². The van der Waals surface area contributed by atoms with E-state index in [2.05, 4.69) is 0 Å². The number of hydrogen-bond acceptors (Lipinski definition) is 4. The lowest BCUT2D eigenvalue weighted by molar-refractivity contribution is -0.143. The molecule has 5 heteroatoms. The number of aliphatic hydroxyl groups excluding tert-OH is 1. The molecule has 1 aliphatic rings. The van der Waals surface area contributed by atoms with E-state index in [4.69, 9.17) is 14.6 Å². The Hall–Kier alpha value is -2.37. The topological polar surface area (TPSA) is 59.0 Å². The number of unbranched alkanes of at least 4 members (excludes halogenated alkanes) is 1. The highest BCUT2D eigenvalue weighted by Gasteiger charge is 2.48. The lowest BCUT2D eigenvalue weighted by Crippen LogP contribution is -2.66. The van der Waals surface area contributed by atoms with Gasteiger partial charge in [0.25, 0.3) is 5.91 Å². The molecule has 1 heterocycles. The van der Waals surface area contributed by atoms with Crippen LogP contribution in [-0.2, 0) is 16.1 Å². The van der Waals surface area contributed by atoms with Crippen molar-refractivity contribution < 1.29 is 19.4 Å². The van der Waals surface area contributed by atoms with E-state index in [9.17, 15) is 4.79 Å². The zero-order chi connectivity index (χ0) is 18.4. The Bertz CT molecular complexity index is 702. The maximum Gasteiger partial charge on any atom is 0.258 e. The molecule has 2 aromatic rings. The molecule has 0 aliphatic carbocycles. The normalized spacial score (nSPS) is 19.3. The van der Waals surface area contributed by atoms with E-state index in [0.29, 0.717) is 6.61 Å². The highest BCUT2D eigenvalue weighted by molar-refractivity contribution is 6.04. The number of carbonyl (C=O) groups excluding carboxylic acids is 1. The van der Waals surface area contributed by atoms with Crippen LogP contribution in [0.4, 0.5) is 5.69 Å². The molecule has 1 unspecified atom stereocenters. The van der Waals surface area contributed by atoms with Gasteiger partial charge in [0.05, 0.1) is 19.8 Å². The number of carbonyl (C=O) groups is 1. The quantitative estimate of drug-likeness (QED) is 0.554. The molecule has 0 radical (unpaired) electrons. The average Bonchev–Trinajstić information content (AvgIpc) is 2.69. The first-order chi connectivity index (χ1) is 12.7. The summed E-state index contributed by atoms with van der Waals surface area (Å²) >= 11 is 0. The van der Waals surface area contributed by atoms with Crippen molar-refractivity contribution in [3.63, 3.8) is 0 Å². The van der Waals surface area contributed by atoms with Crippen LogP contribution in [0.5, 0.6) is 5.75 Å². The van der Waals surface area contributed by atoms with E-state index in [0.717, 1.165) is 36.3 Å². The number of β-lactam (4-membered cyclic amide) rings is 1. The summed E-state index contributed by atoms with van der Waals surface area (Å²) in [5.74, 6) is 0.746. The summed E-state index contributed by atoms with van der Waals surface area (Å²) < 4.78 is 11.1. The van der Waals surface area contributed by atoms with Crippen LogP contribution in [0, 0.1) is 0 Å². The zero-order valence-electron chi connectivity index (χ0n) is 15.0. The fraction of sp³-hybridized carbons (Fsp3) is 0.381. The molecule has 5 nitrogen and oxygen atoms in total. The van der Waals surface area contributed by atoms with Gasteiger partial charge in [-0.1, -0.05) is 30.3 Å². The molecule has 0 aromatic heterocycles. The maximum atomic E-state index is 12.7. The number of methoxy groups -OCH3 is 1. The minimum atomic E-state index is -0.434. The van der Waals surface area contributed by atoms with Crippen LogP contribution < -0.4 is 9.64 Å². The Kier molecular flexibility index (Phi) is 6.26. The third kappa shape index (κ3) is 4.06. The summed E-state index contributed by atoms with van der Waals surface area (Å²) in [6.07, 6.45) is 1.95. The van der Waals surface area contributed by atoms with Gasteiger partial charge < -0.3 is 19.5 Å². The zero-order valence-corrected chi connectivity index (χ0v) is 15.0. The number of anilines is 1. The average molecular weight is 355 g/mol. The van der Waals surface area contributed by atoms with Gasteiger partial charge in [-0.15, -0.1) is 0 Å². The fourth-order valence-electron chi connectivity index (χ4n) is 3.27. The lowest BCUT2D eigenvalue weighted by atomic mass is 9.91. The van der Waals surface area contributed by atoms with Crippen LogP contribution in [0.2, 0.25) is 0 Å². The van der Waals surface area contributed by atoms with Gasteiger partial charge in [-0.2, -0.15) is 0 Å². The highest BCUT2D eigenvalue weighted by Crippen LogP contribution is 2.34. The third-order valence-electron chi connectivity index (χ3n) is 4.69. The van der Waals surface area contributed by atoms with Gasteiger partial charge in [0.1, 0.15) is 5.75 Å². The van der Waals surface area contributed by atoms with Gasteiger partial charge in [0, 0.05) is 12.3 Å². The maximum absolute atomic E-state index is 12.7. The smallest absolute Gasteiger partial charge is 0.258 e. The fourth-order valence-corrected chi connectivity index (χ4v) is 3.27. The molecule has 1 saturated heterocycles. The molecule has 1 fully saturated rings. The Labute approximate surface area is 154 Å². The number of hydrogen-bond donors (Lipinski definition) is 1. The van der Waals surface area contributed by atoms with E-state index >= 15 is 0 Å². The summed E-state index contributed by atoms with van der Waals surface area (Å²) in [5, 5.41) is 9.05. The number of ether oxygens (including phenoxy) is 2. The molecular formula is C21H25NO4. The summed E-state index contributed by atoms with van der Waals surface area (Å²) in [4.78, 5) is 14.5. The van der Waals surface area contributed by atoms with E-state index in [-0.39, 0.29) is 18.6 Å². The van der Waals surface area contributed by atoms with E-state index in [1.54, 1.807) is 12.0 Å². The molecule has 0 spiro atoms. The molecule has 1 N–H and O–H groups in total. The second kappa shape index (κ2) is 8.83. The Morgan fingerprint density at radius 1 is 1.04 bits per heavy atom. The highest BCUT2D eigenvalue weighted by atomic mass is 16.5. The molecule has 2 atom stereocenters. The summed E-state index contributed by atoms with van der Waals surface area (Å²) in [6.45, 7) is 0.586. The minimum absolute atomic E-state index is 0.00819. The molecule has 26 heavy (non-hydrogen) atoms. The third-order valence-corrected chi connectivity index (χ3v) is 4.69. The Balaban J connectivity index is 1.69. The van der Waals surface area contributed by atoms with Crippen LogP contribution >= 0.6 is 0 Å². The lowest BCUT2D eigenvalue weighted by Gasteiger charge is -2.47. The predicted octanol–water partition coefficient (Wildman–Crippen LogP) is 3.16. The molecule has 1 aliphatic heterocycles. The number of benzene rings is 2. The van der Waals surface area contributed by atoms with Crippen molar-refractivity contribution in [2.75, 3.05) is 18.6 Å². The first-order valence-electron chi connectivity index (χ1n) is 8.98. The van der Waals surface area contributed by atoms with E-state index < -0.39 is 6.10 Å². The number of nitrogens with zero attached hydrogens (tertiary/aromatic N) is 1. The molecule has 0 saturated carbocycles. The predicted molar refractivity (Wildman–Crippen MR) is 100 cm³/mol. The van der Waals surface area contributed by atoms with Gasteiger partial charge in [-0.25, -0.2) is 0 Å². The van der Waals surface area contributed by atoms with Gasteiger partial charge in [-0.05, 0) is 49.1 Å². The van der Waals surface area contributed by atoms with E-state index in [1.165, 1.54) is 0 Å². The molecule has 138 valence electrons. The van der Waals surface area contributed by atoms with Gasteiger partial charge in [-0.3, -0.25) is 4.79 Å². The number of amides is 1. The minimum Gasteiger partial charge on any atom is -0.497 e. The molecule has 2 aromatic carbocycles. The van der Waals surface area contributed by atoms with Crippen LogP contribution in [0.3, 0.4) is 0 Å². The number of aliphatic hydroxyl groups is 1. The van der Waals surface area contributed by atoms with Crippen molar-refractivity contribution in [2.24, 2.45) is 0 Å². The first-order valence-corrected chi connectivity index (χ1v) is 8.98. The van der Waals surface area contributed by atoms with Gasteiger partial charge in [0.15, 0.2) is 6.10 Å². The second-order valence-corrected chi connectivity index (χ2v) is 6.41. The largest absolute Gasteiger partial charge is 0.497 e. The van der Waals surface area contributed by atoms with Crippen molar-refractivity contribution in [2.45, 2.75) is 38.0 Å². The van der Waals surface area contributed by atoms with Crippen LogP contribution in [-0.4, -0.2) is 36.9 Å². The van der Waals surface area contributed by atoms with Gasteiger partial charge in [0.2, 0.25) is 0 Å². The van der Waals surface area contributed by atoms with Crippen molar-refractivity contribution in [1.29, 1.82) is 0 Å². The SMILES string of the molecule is COc1ccc(N2C(=O)C(OCc3ccccc3)[C@@H]2CCCCO)cc1. The van der Waals surface area contributed by atoms with Crippen LogP contribution in [0.25, 0.3) is 0 Å². The van der Waals surface area contributed by atoms with Gasteiger partial charge >= 0.3 is 0 Å². The first kappa shape index (κ1) is 18.4. The van der Waals surface area contributed by atoms with Crippen molar-refractivity contribution in [1.82, 2.24) is 0 Å². The van der Waals surface area contributed by atoms with Crippen LogP contribution in [0.1, 0.15) is 24.8 Å². The second-order valence-electron chi connectivity index (χ2n) is 6.41. The van der Waals surface area contributed by atoms with E-state index in [1.807, 2.05) is 54.6 Å². The van der Waals surface area contributed by atoms with Crippen LogP contribution in [0.15, 0.2) is 54.6 Å². The molecule has 1 amide bonds. The molecular weight excluding hydrogens is 330 g/mol. The van der Waals surface area contributed by atoms with Crippen molar-refractivity contribution >= 4 is 11.6 Å². The summed E-state index contributed by atoms with van der Waals surface area (Å²) in [5.41, 5.74) is 1.90. The summed E-state index contributed by atoms with van der Waals surface area (Å²) in [7, 11) is 1.62. The standard InChI is InChI=1S/C21H25NO4/c1-25-18-12-10-17(11-13-18)22-19(9-5-6-14-23)20(21(22)24)26-15-16-7-3-2-4-8-16/h2-4,7-8,10-13,19-20,23H,5-6,9,14-15H2,1H3/t19-,20?/m0/s1. The summed E-state index contributed by atoms with van der Waals surface area (Å²) in [6, 6.07) is 17.3. The Morgan fingerprint density at radius 3 is 2.42 bits per heavy atom. The molecule has 0 bridgehead atoms. The number of rotatable bonds is 9. The molecule has 3 rings (SSSR count). The monoisotopic (exact) mass is 355 g/mol. The Morgan fingerprint density at radius 2 is 1.77 bits per heavy atom. The van der Waals surface area contributed by atoms with Crippen molar-refractivity contribution in [3.8, 4) is 5.75 Å².